The molecule has 0 bridgehead atoms. The molecule has 2 heterocycles. The predicted molar refractivity (Wildman–Crippen MR) is 57.4 cm³/mol. The summed E-state index contributed by atoms with van der Waals surface area (Å²) in [6.45, 7) is 2.53. The third-order valence-corrected chi connectivity index (χ3v) is 2.48. The molecule has 0 fully saturated rings. The number of rotatable bonds is 2. The van der Waals surface area contributed by atoms with Crippen molar-refractivity contribution in [2.45, 2.75) is 12.8 Å². The van der Waals surface area contributed by atoms with Crippen LogP contribution in [0.2, 0.25) is 0 Å². The Hall–Kier alpha value is -1.86. The highest BCUT2D eigenvalue weighted by Crippen LogP contribution is 2.18. The average Bonchev–Trinajstić information content (AvgIpc) is 2.67. The van der Waals surface area contributed by atoms with Gasteiger partial charge in [0.1, 0.15) is 11.9 Å². The molecule has 2 aromatic heterocycles. The highest BCUT2D eigenvalue weighted by Gasteiger charge is 2.14. The maximum Gasteiger partial charge on any atom is 0.166 e. The fraction of sp³-hybridized carbons (Fsp3) is 0.273. The number of fused-ring (bicyclic) bond motifs is 1. The van der Waals surface area contributed by atoms with Gasteiger partial charge in [0.15, 0.2) is 5.69 Å². The molecule has 2 N–H and O–H groups in total. The van der Waals surface area contributed by atoms with E-state index in [2.05, 4.69) is 11.1 Å². The van der Waals surface area contributed by atoms with Gasteiger partial charge in [-0.1, -0.05) is 13.0 Å². The van der Waals surface area contributed by atoms with Crippen LogP contribution < -0.4 is 5.73 Å². The van der Waals surface area contributed by atoms with Crippen LogP contribution >= 0.6 is 0 Å². The zero-order valence-corrected chi connectivity index (χ0v) is 8.51. The van der Waals surface area contributed by atoms with Gasteiger partial charge in [-0.05, 0) is 12.1 Å². The Labute approximate surface area is 88.0 Å². The van der Waals surface area contributed by atoms with Gasteiger partial charge in [-0.2, -0.15) is 5.26 Å². The topological polar surface area (TPSA) is 67.1 Å². The van der Waals surface area contributed by atoms with Gasteiger partial charge in [-0.25, -0.2) is 4.98 Å². The van der Waals surface area contributed by atoms with Gasteiger partial charge in [-0.3, -0.25) is 0 Å². The van der Waals surface area contributed by atoms with Crippen molar-refractivity contribution < 1.29 is 0 Å². The van der Waals surface area contributed by atoms with Crippen LogP contribution in [0.4, 0.5) is 0 Å². The standard InChI is InChI=1S/C11H12N4/c1-8(6-12)11-14-9(7-13)10-4-2-3-5-15(10)11/h2-5,8H,6,12H2,1H3. The number of imidazole rings is 1. The summed E-state index contributed by atoms with van der Waals surface area (Å²) in [7, 11) is 0. The van der Waals surface area contributed by atoms with E-state index in [1.807, 2.05) is 35.7 Å². The van der Waals surface area contributed by atoms with Gasteiger partial charge < -0.3 is 10.1 Å². The van der Waals surface area contributed by atoms with Crippen LogP contribution in [0, 0.1) is 11.3 Å². The fourth-order valence-electron chi connectivity index (χ4n) is 1.60. The Morgan fingerprint density at radius 2 is 2.40 bits per heavy atom. The van der Waals surface area contributed by atoms with Gasteiger partial charge in [0.2, 0.25) is 0 Å². The SMILES string of the molecule is CC(CN)c1nc(C#N)c2ccccn12. The zero-order chi connectivity index (χ0) is 10.8. The minimum absolute atomic E-state index is 0.155. The maximum atomic E-state index is 8.95. The van der Waals surface area contributed by atoms with E-state index in [1.54, 1.807) is 0 Å². The van der Waals surface area contributed by atoms with Crippen molar-refractivity contribution in [3.05, 3.63) is 35.9 Å². The van der Waals surface area contributed by atoms with Crippen molar-refractivity contribution in [3.63, 3.8) is 0 Å². The molecule has 0 aliphatic rings. The molecule has 1 atom stereocenters. The molecule has 4 nitrogen and oxygen atoms in total. The average molecular weight is 200 g/mol. The quantitative estimate of drug-likeness (QED) is 0.793. The molecule has 0 saturated carbocycles. The summed E-state index contributed by atoms with van der Waals surface area (Å²) in [4.78, 5) is 4.30. The van der Waals surface area contributed by atoms with Crippen molar-refractivity contribution in [3.8, 4) is 6.07 Å². The lowest BCUT2D eigenvalue weighted by Gasteiger charge is -2.06. The second-order valence-electron chi connectivity index (χ2n) is 3.52. The van der Waals surface area contributed by atoms with E-state index in [1.165, 1.54) is 0 Å². The Morgan fingerprint density at radius 1 is 1.60 bits per heavy atom. The summed E-state index contributed by atoms with van der Waals surface area (Å²) >= 11 is 0. The molecule has 0 aliphatic heterocycles. The summed E-state index contributed by atoms with van der Waals surface area (Å²) < 4.78 is 1.93. The number of nitriles is 1. The highest BCUT2D eigenvalue weighted by molar-refractivity contribution is 5.58. The van der Waals surface area contributed by atoms with Crippen LogP contribution in [0.15, 0.2) is 24.4 Å². The summed E-state index contributed by atoms with van der Waals surface area (Å²) in [6, 6.07) is 7.80. The van der Waals surface area contributed by atoms with Crippen LogP contribution in [0.3, 0.4) is 0 Å². The normalized spacial score (nSPS) is 12.6. The molecule has 4 heteroatoms. The second kappa shape index (κ2) is 3.71. The summed E-state index contributed by atoms with van der Waals surface area (Å²) in [6.07, 6.45) is 1.91. The number of nitrogens with zero attached hydrogens (tertiary/aromatic N) is 3. The minimum Gasteiger partial charge on any atom is -0.330 e. The first-order valence-electron chi connectivity index (χ1n) is 4.85. The summed E-state index contributed by atoms with van der Waals surface area (Å²) in [5, 5.41) is 8.95. The van der Waals surface area contributed by atoms with Crippen LogP contribution in [-0.4, -0.2) is 15.9 Å². The summed E-state index contributed by atoms with van der Waals surface area (Å²) in [5.41, 5.74) is 6.92. The zero-order valence-electron chi connectivity index (χ0n) is 8.51. The second-order valence-corrected chi connectivity index (χ2v) is 3.52. The Kier molecular flexibility index (Phi) is 2.40. The maximum absolute atomic E-state index is 8.95. The van der Waals surface area contributed by atoms with Crippen molar-refractivity contribution in [2.24, 2.45) is 5.73 Å². The third kappa shape index (κ3) is 1.47. The molecule has 0 amide bonds. The van der Waals surface area contributed by atoms with Gasteiger partial charge in [0.25, 0.3) is 0 Å². The van der Waals surface area contributed by atoms with Crippen LogP contribution in [0.1, 0.15) is 24.4 Å². The van der Waals surface area contributed by atoms with Crippen molar-refractivity contribution in [1.29, 1.82) is 5.26 Å². The molecular weight excluding hydrogens is 188 g/mol. The minimum atomic E-state index is 0.155. The third-order valence-electron chi connectivity index (χ3n) is 2.48. The molecule has 2 rings (SSSR count). The molecule has 0 aliphatic carbocycles. The first-order valence-corrected chi connectivity index (χ1v) is 4.85. The number of aromatic nitrogens is 2. The van der Waals surface area contributed by atoms with E-state index in [4.69, 9.17) is 11.0 Å². The van der Waals surface area contributed by atoms with Gasteiger partial charge in [0.05, 0.1) is 5.52 Å². The molecule has 76 valence electrons. The predicted octanol–water partition coefficient (Wildman–Crippen LogP) is 1.27. The van der Waals surface area contributed by atoms with Gasteiger partial charge in [-0.15, -0.1) is 0 Å². The van der Waals surface area contributed by atoms with Crippen molar-refractivity contribution >= 4 is 5.52 Å². The molecule has 0 saturated heterocycles. The molecule has 2 aromatic rings. The Morgan fingerprint density at radius 3 is 3.07 bits per heavy atom. The monoisotopic (exact) mass is 200 g/mol. The lowest BCUT2D eigenvalue weighted by atomic mass is 10.2. The summed E-state index contributed by atoms with van der Waals surface area (Å²) in [5.74, 6) is 1.01. The fourth-order valence-corrected chi connectivity index (χ4v) is 1.60. The smallest absolute Gasteiger partial charge is 0.166 e. The Bertz CT molecular complexity index is 521. The first kappa shape index (κ1) is 9.69. The molecule has 0 radical (unpaired) electrons. The number of nitrogens with two attached hydrogens (primary N) is 1. The lowest BCUT2D eigenvalue weighted by Crippen LogP contribution is -2.11. The first-order chi connectivity index (χ1) is 7.27. The van der Waals surface area contributed by atoms with Crippen molar-refractivity contribution in [2.75, 3.05) is 6.54 Å². The van der Waals surface area contributed by atoms with Crippen LogP contribution in [0.5, 0.6) is 0 Å². The van der Waals surface area contributed by atoms with E-state index in [0.29, 0.717) is 12.2 Å². The molecule has 0 aromatic carbocycles. The van der Waals surface area contributed by atoms with E-state index in [-0.39, 0.29) is 5.92 Å². The Balaban J connectivity index is 2.71. The van der Waals surface area contributed by atoms with Crippen LogP contribution in [-0.2, 0) is 0 Å². The van der Waals surface area contributed by atoms with Crippen LogP contribution in [0.25, 0.3) is 5.52 Å². The van der Waals surface area contributed by atoms with Gasteiger partial charge >= 0.3 is 0 Å². The van der Waals surface area contributed by atoms with E-state index >= 15 is 0 Å². The van der Waals surface area contributed by atoms with E-state index < -0.39 is 0 Å². The number of hydrogen-bond donors (Lipinski definition) is 1. The molecule has 15 heavy (non-hydrogen) atoms. The van der Waals surface area contributed by atoms with Gasteiger partial charge in [0, 0.05) is 18.7 Å². The molecular formula is C11H12N4. The lowest BCUT2D eigenvalue weighted by molar-refractivity contribution is 0.708. The largest absolute Gasteiger partial charge is 0.330 e. The van der Waals surface area contributed by atoms with E-state index in [0.717, 1.165) is 11.3 Å². The molecule has 1 unspecified atom stereocenters. The van der Waals surface area contributed by atoms with E-state index in [9.17, 15) is 0 Å². The number of hydrogen-bond acceptors (Lipinski definition) is 3. The number of pyridine rings is 1. The molecule has 0 spiro atoms. The van der Waals surface area contributed by atoms with Crippen molar-refractivity contribution in [1.82, 2.24) is 9.38 Å². The highest BCUT2D eigenvalue weighted by atomic mass is 15.0.